The van der Waals surface area contributed by atoms with Crippen LogP contribution in [0.4, 0.5) is 16.0 Å². The first kappa shape index (κ1) is 18.8. The van der Waals surface area contributed by atoms with Gasteiger partial charge < -0.3 is 10.3 Å². The molecule has 0 spiro atoms. The van der Waals surface area contributed by atoms with Crippen LogP contribution in [0.15, 0.2) is 42.7 Å². The molecule has 4 aromatic rings. The summed E-state index contributed by atoms with van der Waals surface area (Å²) >= 11 is 5.77. The Morgan fingerprint density at radius 3 is 2.93 bits per heavy atom. The molecular formula is C18H16ClFN8O. The molecule has 11 heteroatoms. The number of nitrogens with zero attached hydrogens (tertiary/aromatic N) is 5. The van der Waals surface area contributed by atoms with Crippen molar-refractivity contribution in [3.8, 4) is 0 Å². The number of hydrogen-bond donors (Lipinski definition) is 4. The highest BCUT2D eigenvalue weighted by molar-refractivity contribution is 6.31. The van der Waals surface area contributed by atoms with Crippen molar-refractivity contribution in [1.29, 1.82) is 5.41 Å². The number of aromatic nitrogens is 5. The number of pyridine rings is 1. The van der Waals surface area contributed by atoms with Crippen LogP contribution in [0.5, 0.6) is 0 Å². The molecule has 4 rings (SSSR count). The van der Waals surface area contributed by atoms with Crippen molar-refractivity contribution >= 4 is 40.2 Å². The van der Waals surface area contributed by atoms with Crippen molar-refractivity contribution in [2.24, 2.45) is 7.05 Å². The number of amidine groups is 1. The molecule has 0 bridgehead atoms. The summed E-state index contributed by atoms with van der Waals surface area (Å²) in [6.07, 6.45) is 3.33. The summed E-state index contributed by atoms with van der Waals surface area (Å²) in [4.78, 5) is 11.6. The summed E-state index contributed by atoms with van der Waals surface area (Å²) in [7, 11) is 1.83. The van der Waals surface area contributed by atoms with E-state index in [0.29, 0.717) is 34.3 Å². The van der Waals surface area contributed by atoms with Crippen LogP contribution in [0.25, 0.3) is 11.2 Å². The zero-order valence-electron chi connectivity index (χ0n) is 15.2. The SMILES string of the molecule is Cn1ccc(CNc2nc3nccc(C(=N)N(O)c4ccc(F)c(Cl)c4)c3[nH]2)n1. The third-order valence-electron chi connectivity index (χ3n) is 4.21. The average Bonchev–Trinajstić information content (AvgIpc) is 3.32. The van der Waals surface area contributed by atoms with E-state index in [1.165, 1.54) is 18.3 Å². The number of benzene rings is 1. The number of halogens is 2. The molecule has 3 aromatic heterocycles. The van der Waals surface area contributed by atoms with Gasteiger partial charge in [0.05, 0.1) is 28.5 Å². The van der Waals surface area contributed by atoms with Crippen LogP contribution in [-0.4, -0.2) is 35.8 Å². The number of nitrogens with one attached hydrogen (secondary N) is 3. The summed E-state index contributed by atoms with van der Waals surface area (Å²) in [5.74, 6) is -0.411. The second kappa shape index (κ2) is 7.49. The van der Waals surface area contributed by atoms with E-state index in [0.717, 1.165) is 11.8 Å². The van der Waals surface area contributed by atoms with E-state index in [4.69, 9.17) is 17.0 Å². The third-order valence-corrected chi connectivity index (χ3v) is 4.50. The Bertz CT molecular complexity index is 1200. The first-order valence-electron chi connectivity index (χ1n) is 8.52. The standard InChI is InChI=1S/C18H16ClFN8O/c1-27-7-5-10(26-27)9-23-18-24-15-12(4-6-22-17(15)25-18)16(21)28(29)11-2-3-14(20)13(19)8-11/h2-8,21,29H,9H2,1H3,(H2,22,23,24,25). The van der Waals surface area contributed by atoms with E-state index < -0.39 is 5.82 Å². The Hall–Kier alpha value is -3.50. The topological polar surface area (TPSA) is 119 Å². The predicted molar refractivity (Wildman–Crippen MR) is 107 cm³/mol. The molecule has 29 heavy (non-hydrogen) atoms. The summed E-state index contributed by atoms with van der Waals surface area (Å²) in [5.41, 5.74) is 2.19. The van der Waals surface area contributed by atoms with E-state index >= 15 is 0 Å². The van der Waals surface area contributed by atoms with Crippen molar-refractivity contribution in [3.63, 3.8) is 0 Å². The first-order valence-corrected chi connectivity index (χ1v) is 8.90. The van der Waals surface area contributed by atoms with Gasteiger partial charge in [0.25, 0.3) is 0 Å². The maximum atomic E-state index is 13.4. The Morgan fingerprint density at radius 1 is 1.38 bits per heavy atom. The summed E-state index contributed by atoms with van der Waals surface area (Å²) < 4.78 is 15.1. The van der Waals surface area contributed by atoms with Crippen molar-refractivity contribution in [2.45, 2.75) is 6.54 Å². The van der Waals surface area contributed by atoms with Gasteiger partial charge in [-0.2, -0.15) is 10.1 Å². The van der Waals surface area contributed by atoms with E-state index in [2.05, 4.69) is 25.4 Å². The summed E-state index contributed by atoms with van der Waals surface area (Å²) in [6.45, 7) is 0.452. The minimum absolute atomic E-state index is 0.152. The van der Waals surface area contributed by atoms with Crippen LogP contribution in [0.1, 0.15) is 11.3 Å². The van der Waals surface area contributed by atoms with Crippen LogP contribution in [0, 0.1) is 11.2 Å². The second-order valence-corrected chi connectivity index (χ2v) is 6.64. The van der Waals surface area contributed by atoms with Gasteiger partial charge >= 0.3 is 0 Å². The van der Waals surface area contributed by atoms with Gasteiger partial charge in [0, 0.05) is 25.0 Å². The molecule has 0 radical (unpaired) electrons. The lowest BCUT2D eigenvalue weighted by Gasteiger charge is -2.18. The van der Waals surface area contributed by atoms with E-state index in [9.17, 15) is 9.60 Å². The first-order chi connectivity index (χ1) is 13.9. The number of hydroxylamine groups is 1. The lowest BCUT2D eigenvalue weighted by atomic mass is 10.2. The molecule has 3 heterocycles. The van der Waals surface area contributed by atoms with Gasteiger partial charge in [-0.3, -0.25) is 15.3 Å². The molecule has 0 aliphatic heterocycles. The van der Waals surface area contributed by atoms with E-state index in [1.807, 2.05) is 19.3 Å². The van der Waals surface area contributed by atoms with Gasteiger partial charge in [-0.1, -0.05) is 11.6 Å². The van der Waals surface area contributed by atoms with Gasteiger partial charge in [-0.15, -0.1) is 0 Å². The van der Waals surface area contributed by atoms with Gasteiger partial charge in [0.15, 0.2) is 11.5 Å². The minimum atomic E-state index is -0.612. The fourth-order valence-electron chi connectivity index (χ4n) is 2.78. The van der Waals surface area contributed by atoms with Gasteiger partial charge in [-0.05, 0) is 30.3 Å². The summed E-state index contributed by atoms with van der Waals surface area (Å²) in [6, 6.07) is 7.12. The molecule has 1 aromatic carbocycles. The smallest absolute Gasteiger partial charge is 0.203 e. The molecule has 148 valence electrons. The zero-order valence-corrected chi connectivity index (χ0v) is 15.9. The molecule has 0 aliphatic rings. The van der Waals surface area contributed by atoms with Crippen molar-refractivity contribution in [2.75, 3.05) is 10.4 Å². The van der Waals surface area contributed by atoms with Crippen molar-refractivity contribution in [3.05, 3.63) is 64.8 Å². The van der Waals surface area contributed by atoms with Crippen LogP contribution >= 0.6 is 11.6 Å². The lowest BCUT2D eigenvalue weighted by Crippen LogP contribution is -2.27. The third kappa shape index (κ3) is 3.75. The Labute approximate surface area is 169 Å². The van der Waals surface area contributed by atoms with Gasteiger partial charge in [0.2, 0.25) is 5.95 Å². The molecule has 0 atom stereocenters. The molecule has 0 saturated heterocycles. The fourth-order valence-corrected chi connectivity index (χ4v) is 2.96. The minimum Gasteiger partial charge on any atom is -0.350 e. The number of hydrogen-bond acceptors (Lipinski definition) is 6. The quantitative estimate of drug-likeness (QED) is 0.226. The number of H-pyrrole nitrogens is 1. The molecule has 0 aliphatic carbocycles. The molecular weight excluding hydrogens is 399 g/mol. The Balaban J connectivity index is 1.60. The van der Waals surface area contributed by atoms with Crippen molar-refractivity contribution < 1.29 is 9.60 Å². The molecule has 0 unspecified atom stereocenters. The van der Waals surface area contributed by atoms with Gasteiger partial charge in [-0.25, -0.2) is 14.4 Å². The molecule has 0 fully saturated rings. The van der Waals surface area contributed by atoms with Crippen LogP contribution in [0.2, 0.25) is 5.02 Å². The van der Waals surface area contributed by atoms with Crippen LogP contribution in [-0.2, 0) is 13.6 Å². The highest BCUT2D eigenvalue weighted by Gasteiger charge is 2.18. The normalized spacial score (nSPS) is 11.0. The lowest BCUT2D eigenvalue weighted by molar-refractivity contribution is 0.312. The fraction of sp³-hybridized carbons (Fsp3) is 0.111. The van der Waals surface area contributed by atoms with E-state index in [1.54, 1.807) is 10.7 Å². The highest BCUT2D eigenvalue weighted by atomic mass is 35.5. The number of imidazole rings is 1. The number of aryl methyl sites for hydroxylation is 1. The van der Waals surface area contributed by atoms with Crippen LogP contribution in [0.3, 0.4) is 0 Å². The average molecular weight is 415 g/mol. The second-order valence-electron chi connectivity index (χ2n) is 6.24. The van der Waals surface area contributed by atoms with Crippen LogP contribution < -0.4 is 10.4 Å². The molecule has 9 nitrogen and oxygen atoms in total. The number of fused-ring (bicyclic) bond motifs is 1. The number of rotatable bonds is 5. The number of anilines is 2. The zero-order chi connectivity index (χ0) is 20.5. The molecule has 4 N–H and O–H groups in total. The molecule has 0 saturated carbocycles. The predicted octanol–water partition coefficient (Wildman–Crippen LogP) is 3.32. The Kier molecular flexibility index (Phi) is 4.87. The maximum absolute atomic E-state index is 13.4. The Morgan fingerprint density at radius 2 is 2.21 bits per heavy atom. The maximum Gasteiger partial charge on any atom is 0.203 e. The largest absolute Gasteiger partial charge is 0.350 e. The molecule has 0 amide bonds. The highest BCUT2D eigenvalue weighted by Crippen LogP contribution is 2.25. The van der Waals surface area contributed by atoms with Gasteiger partial charge in [0.1, 0.15) is 5.82 Å². The number of aromatic amines is 1. The summed E-state index contributed by atoms with van der Waals surface area (Å²) in [5, 5.41) is 26.6. The van der Waals surface area contributed by atoms with E-state index in [-0.39, 0.29) is 16.5 Å². The van der Waals surface area contributed by atoms with Crippen molar-refractivity contribution in [1.82, 2.24) is 24.7 Å². The monoisotopic (exact) mass is 414 g/mol.